The molecule has 0 spiro atoms. The summed E-state index contributed by atoms with van der Waals surface area (Å²) in [6, 6.07) is 18.0. The van der Waals surface area contributed by atoms with Gasteiger partial charge in [-0.05, 0) is 73.8 Å². The highest BCUT2D eigenvalue weighted by Crippen LogP contribution is 2.60. The molecule has 4 aliphatic carbocycles. The number of para-hydroxylation sites is 2. The fourth-order valence-electron chi connectivity index (χ4n) is 6.99. The second-order valence-electron chi connectivity index (χ2n) is 9.04. The van der Waals surface area contributed by atoms with Crippen molar-refractivity contribution in [3.63, 3.8) is 0 Å². The maximum absolute atomic E-state index is 2.66. The van der Waals surface area contributed by atoms with E-state index in [9.17, 15) is 0 Å². The molecule has 4 fully saturated rings. The van der Waals surface area contributed by atoms with E-state index < -0.39 is 0 Å². The molecular formula is C23H25N. The molecule has 4 saturated carbocycles. The predicted molar refractivity (Wildman–Crippen MR) is 100 cm³/mol. The van der Waals surface area contributed by atoms with Crippen LogP contribution in [0.1, 0.15) is 38.5 Å². The Morgan fingerprint density at radius 2 is 1.17 bits per heavy atom. The van der Waals surface area contributed by atoms with Crippen molar-refractivity contribution in [1.29, 1.82) is 0 Å². The minimum atomic E-state index is 0.583. The molecule has 4 aliphatic rings. The summed E-state index contributed by atoms with van der Waals surface area (Å²) in [6.07, 6.45) is 9.06. The van der Waals surface area contributed by atoms with E-state index in [0.29, 0.717) is 5.41 Å². The third-order valence-corrected chi connectivity index (χ3v) is 7.34. The summed E-state index contributed by atoms with van der Waals surface area (Å²) >= 11 is 0. The summed E-state index contributed by atoms with van der Waals surface area (Å²) in [4.78, 5) is 0. The number of rotatable bonds is 2. The lowest BCUT2D eigenvalue weighted by Crippen LogP contribution is -2.47. The summed E-state index contributed by atoms with van der Waals surface area (Å²) in [5, 5.41) is 2.86. The maximum atomic E-state index is 2.66. The summed E-state index contributed by atoms with van der Waals surface area (Å²) in [7, 11) is 0. The Bertz CT molecular complexity index is 843. The lowest BCUT2D eigenvalue weighted by atomic mass is 9.49. The zero-order valence-corrected chi connectivity index (χ0v) is 14.2. The average Bonchev–Trinajstić information content (AvgIpc) is 2.88. The van der Waals surface area contributed by atoms with Crippen molar-refractivity contribution >= 4 is 21.8 Å². The molecule has 1 heterocycles. The third-order valence-electron chi connectivity index (χ3n) is 7.34. The van der Waals surface area contributed by atoms with Crippen LogP contribution in [-0.4, -0.2) is 4.57 Å². The molecule has 0 atom stereocenters. The lowest BCUT2D eigenvalue weighted by molar-refractivity contribution is -0.0607. The summed E-state index contributed by atoms with van der Waals surface area (Å²) in [5.41, 5.74) is 3.46. The van der Waals surface area contributed by atoms with Crippen LogP contribution in [0, 0.1) is 23.2 Å². The lowest BCUT2D eigenvalue weighted by Gasteiger charge is -2.57. The van der Waals surface area contributed by atoms with Crippen LogP contribution in [0.4, 0.5) is 0 Å². The first kappa shape index (κ1) is 13.5. The Balaban J connectivity index is 1.52. The van der Waals surface area contributed by atoms with Gasteiger partial charge in [-0.3, -0.25) is 0 Å². The fraction of sp³-hybridized carbons (Fsp3) is 0.478. The zero-order chi connectivity index (χ0) is 15.7. The largest absolute Gasteiger partial charge is 0.340 e. The SMILES string of the molecule is c1ccc2c(c1)c1ccccc1n2CC12CC3CC(CC(C3)C1)C2. The van der Waals surface area contributed by atoms with E-state index in [0.717, 1.165) is 17.8 Å². The first-order chi connectivity index (χ1) is 11.8. The average molecular weight is 315 g/mol. The van der Waals surface area contributed by atoms with E-state index in [2.05, 4.69) is 53.1 Å². The van der Waals surface area contributed by atoms with Gasteiger partial charge in [0.25, 0.3) is 0 Å². The van der Waals surface area contributed by atoms with Crippen molar-refractivity contribution in [3.8, 4) is 0 Å². The van der Waals surface area contributed by atoms with Crippen molar-refractivity contribution in [2.45, 2.75) is 45.1 Å². The standard InChI is InChI=1S/C23H25N/c1-3-7-21-19(5-1)20-6-2-4-8-22(20)24(21)15-23-12-16-9-17(13-23)11-18(10-16)14-23/h1-8,16-18H,9-15H2. The summed E-state index contributed by atoms with van der Waals surface area (Å²) < 4.78 is 2.66. The van der Waals surface area contributed by atoms with Gasteiger partial charge in [0.05, 0.1) is 0 Å². The van der Waals surface area contributed by atoms with Crippen LogP contribution in [0.2, 0.25) is 0 Å². The van der Waals surface area contributed by atoms with Crippen molar-refractivity contribution in [2.24, 2.45) is 23.2 Å². The highest BCUT2D eigenvalue weighted by atomic mass is 15.0. The van der Waals surface area contributed by atoms with Gasteiger partial charge in [0, 0.05) is 28.4 Å². The Morgan fingerprint density at radius 1 is 0.708 bits per heavy atom. The number of aromatic nitrogens is 1. The van der Waals surface area contributed by atoms with Gasteiger partial charge >= 0.3 is 0 Å². The van der Waals surface area contributed by atoms with E-state index in [1.54, 1.807) is 0 Å². The Kier molecular flexibility index (Phi) is 2.62. The topological polar surface area (TPSA) is 4.93 Å². The fourth-order valence-corrected chi connectivity index (χ4v) is 6.99. The molecule has 0 amide bonds. The molecule has 7 rings (SSSR count). The van der Waals surface area contributed by atoms with Crippen molar-refractivity contribution in [2.75, 3.05) is 0 Å². The smallest absolute Gasteiger partial charge is 0.0491 e. The van der Waals surface area contributed by atoms with Gasteiger partial charge in [-0.25, -0.2) is 0 Å². The number of fused-ring (bicyclic) bond motifs is 3. The monoisotopic (exact) mass is 315 g/mol. The van der Waals surface area contributed by atoms with Crippen LogP contribution in [-0.2, 0) is 6.54 Å². The van der Waals surface area contributed by atoms with Gasteiger partial charge in [-0.1, -0.05) is 36.4 Å². The van der Waals surface area contributed by atoms with E-state index in [1.165, 1.54) is 66.9 Å². The highest BCUT2D eigenvalue weighted by molar-refractivity contribution is 6.07. The molecule has 2 aromatic carbocycles. The van der Waals surface area contributed by atoms with Gasteiger partial charge in [-0.2, -0.15) is 0 Å². The first-order valence-corrected chi connectivity index (χ1v) is 9.76. The van der Waals surface area contributed by atoms with Crippen LogP contribution >= 0.6 is 0 Å². The minimum Gasteiger partial charge on any atom is -0.340 e. The van der Waals surface area contributed by atoms with Crippen LogP contribution < -0.4 is 0 Å². The van der Waals surface area contributed by atoms with E-state index >= 15 is 0 Å². The van der Waals surface area contributed by atoms with Gasteiger partial charge < -0.3 is 4.57 Å². The van der Waals surface area contributed by atoms with Crippen LogP contribution in [0.3, 0.4) is 0 Å². The molecule has 24 heavy (non-hydrogen) atoms. The first-order valence-electron chi connectivity index (χ1n) is 9.76. The molecular weight excluding hydrogens is 290 g/mol. The molecule has 0 radical (unpaired) electrons. The minimum absolute atomic E-state index is 0.583. The second-order valence-corrected chi connectivity index (χ2v) is 9.04. The predicted octanol–water partition coefficient (Wildman–Crippen LogP) is 6.01. The number of hydrogen-bond donors (Lipinski definition) is 0. The molecule has 1 heteroatoms. The second kappa shape index (κ2) is 4.65. The van der Waals surface area contributed by atoms with Crippen molar-refractivity contribution in [3.05, 3.63) is 48.5 Å². The summed E-state index contributed by atoms with van der Waals surface area (Å²) in [5.74, 6) is 3.10. The van der Waals surface area contributed by atoms with Crippen LogP contribution in [0.25, 0.3) is 21.8 Å². The molecule has 0 unspecified atom stereocenters. The molecule has 0 N–H and O–H groups in total. The summed E-state index contributed by atoms with van der Waals surface area (Å²) in [6.45, 7) is 1.24. The van der Waals surface area contributed by atoms with Gasteiger partial charge in [0.2, 0.25) is 0 Å². The van der Waals surface area contributed by atoms with Crippen molar-refractivity contribution in [1.82, 2.24) is 4.57 Å². The normalized spacial score (nSPS) is 34.4. The zero-order valence-electron chi connectivity index (χ0n) is 14.2. The molecule has 1 nitrogen and oxygen atoms in total. The number of benzene rings is 2. The molecule has 0 aliphatic heterocycles. The molecule has 1 aromatic heterocycles. The number of hydrogen-bond acceptors (Lipinski definition) is 0. The molecule has 4 bridgehead atoms. The third kappa shape index (κ3) is 1.82. The van der Waals surface area contributed by atoms with Gasteiger partial charge in [-0.15, -0.1) is 0 Å². The van der Waals surface area contributed by atoms with Crippen LogP contribution in [0.15, 0.2) is 48.5 Å². The Labute approximate surface area is 143 Å². The van der Waals surface area contributed by atoms with Crippen molar-refractivity contribution < 1.29 is 0 Å². The Morgan fingerprint density at radius 3 is 1.67 bits per heavy atom. The molecule has 122 valence electrons. The maximum Gasteiger partial charge on any atom is 0.0491 e. The van der Waals surface area contributed by atoms with E-state index in [4.69, 9.17) is 0 Å². The van der Waals surface area contributed by atoms with Gasteiger partial charge in [0.1, 0.15) is 0 Å². The highest BCUT2D eigenvalue weighted by Gasteiger charge is 2.51. The number of nitrogens with zero attached hydrogens (tertiary/aromatic N) is 1. The van der Waals surface area contributed by atoms with Gasteiger partial charge in [0.15, 0.2) is 0 Å². The molecule has 3 aromatic rings. The van der Waals surface area contributed by atoms with E-state index in [1.807, 2.05) is 0 Å². The quantitative estimate of drug-likeness (QED) is 0.545. The van der Waals surface area contributed by atoms with E-state index in [-0.39, 0.29) is 0 Å². The Hall–Kier alpha value is -1.76. The van der Waals surface area contributed by atoms with Crippen LogP contribution in [0.5, 0.6) is 0 Å². The molecule has 0 saturated heterocycles.